The first-order chi connectivity index (χ1) is 7.31. The summed E-state index contributed by atoms with van der Waals surface area (Å²) in [5.74, 6) is -0.589. The average molecular weight is 204 g/mol. The van der Waals surface area contributed by atoms with E-state index in [9.17, 15) is 9.18 Å². The molecule has 4 heteroatoms. The Hall–Kier alpha value is -1.97. The zero-order valence-electron chi connectivity index (χ0n) is 7.93. The summed E-state index contributed by atoms with van der Waals surface area (Å²) in [6, 6.07) is 9.39. The zero-order valence-corrected chi connectivity index (χ0v) is 7.93. The molecule has 0 atom stereocenters. The van der Waals surface area contributed by atoms with Gasteiger partial charge >= 0.3 is 0 Å². The van der Waals surface area contributed by atoms with Gasteiger partial charge in [-0.3, -0.25) is 4.79 Å². The third kappa shape index (κ3) is 1.93. The van der Waals surface area contributed by atoms with Crippen LogP contribution in [0.15, 0.2) is 36.5 Å². The maximum Gasteiger partial charge on any atom is 0.222 e. The first-order valence-corrected chi connectivity index (χ1v) is 4.51. The molecule has 0 aliphatic heterocycles. The molecule has 0 aliphatic carbocycles. The van der Waals surface area contributed by atoms with Crippen molar-refractivity contribution in [2.75, 3.05) is 0 Å². The number of aldehydes is 1. The molecule has 1 heterocycles. The van der Waals surface area contributed by atoms with E-state index in [1.165, 1.54) is 10.9 Å². The summed E-state index contributed by atoms with van der Waals surface area (Å²) in [5, 5.41) is 3.79. The van der Waals surface area contributed by atoms with Crippen LogP contribution in [0, 0.1) is 5.95 Å². The minimum Gasteiger partial charge on any atom is -0.298 e. The number of carbonyl (C=O) groups is 1. The topological polar surface area (TPSA) is 34.9 Å². The highest BCUT2D eigenvalue weighted by atomic mass is 19.1. The van der Waals surface area contributed by atoms with Crippen LogP contribution in [0.25, 0.3) is 0 Å². The minimum absolute atomic E-state index is 0.00840. The number of hydrogen-bond donors (Lipinski definition) is 0. The number of halogens is 1. The fourth-order valence-corrected chi connectivity index (χ4v) is 1.33. The molecule has 0 saturated carbocycles. The first kappa shape index (κ1) is 9.58. The Kier molecular flexibility index (Phi) is 2.58. The summed E-state index contributed by atoms with van der Waals surface area (Å²) in [7, 11) is 0. The Balaban J connectivity index is 2.25. The van der Waals surface area contributed by atoms with Gasteiger partial charge in [0.1, 0.15) is 0 Å². The van der Waals surface area contributed by atoms with Crippen LogP contribution in [0.4, 0.5) is 4.39 Å². The highest BCUT2D eigenvalue weighted by molar-refractivity contribution is 5.73. The molecule has 1 aromatic carbocycles. The molecule has 0 spiro atoms. The fourth-order valence-electron chi connectivity index (χ4n) is 1.33. The Morgan fingerprint density at radius 3 is 2.67 bits per heavy atom. The van der Waals surface area contributed by atoms with E-state index in [4.69, 9.17) is 0 Å². The molecule has 0 bridgehead atoms. The summed E-state index contributed by atoms with van der Waals surface area (Å²) < 4.78 is 14.6. The predicted octanol–water partition coefficient (Wildman–Crippen LogP) is 1.88. The van der Waals surface area contributed by atoms with Crippen molar-refractivity contribution in [1.29, 1.82) is 0 Å². The van der Waals surface area contributed by atoms with E-state index in [2.05, 4.69) is 5.10 Å². The number of benzene rings is 1. The number of carbonyl (C=O) groups excluding carboxylic acids is 1. The Morgan fingerprint density at radius 1 is 1.33 bits per heavy atom. The van der Waals surface area contributed by atoms with Crippen LogP contribution in [0.2, 0.25) is 0 Å². The molecule has 1 aromatic heterocycles. The van der Waals surface area contributed by atoms with E-state index in [1.807, 2.05) is 30.3 Å². The lowest BCUT2D eigenvalue weighted by Crippen LogP contribution is -2.04. The van der Waals surface area contributed by atoms with Crippen molar-refractivity contribution in [2.45, 2.75) is 6.54 Å². The van der Waals surface area contributed by atoms with Crippen LogP contribution in [-0.4, -0.2) is 16.1 Å². The van der Waals surface area contributed by atoms with Crippen molar-refractivity contribution in [3.63, 3.8) is 0 Å². The average Bonchev–Trinajstić information content (AvgIpc) is 2.62. The molecule has 0 amide bonds. The molecule has 0 fully saturated rings. The van der Waals surface area contributed by atoms with Crippen LogP contribution >= 0.6 is 0 Å². The summed E-state index contributed by atoms with van der Waals surface area (Å²) >= 11 is 0. The van der Waals surface area contributed by atoms with E-state index in [0.717, 1.165) is 5.56 Å². The lowest BCUT2D eigenvalue weighted by atomic mass is 10.2. The van der Waals surface area contributed by atoms with Crippen LogP contribution < -0.4 is 0 Å². The zero-order chi connectivity index (χ0) is 10.7. The quantitative estimate of drug-likeness (QED) is 0.715. The van der Waals surface area contributed by atoms with Gasteiger partial charge in [-0.1, -0.05) is 30.3 Å². The van der Waals surface area contributed by atoms with Crippen molar-refractivity contribution in [1.82, 2.24) is 9.78 Å². The van der Waals surface area contributed by atoms with Gasteiger partial charge in [0.05, 0.1) is 18.3 Å². The van der Waals surface area contributed by atoms with E-state index in [0.29, 0.717) is 12.8 Å². The third-order valence-corrected chi connectivity index (χ3v) is 2.10. The number of nitrogens with zero attached hydrogens (tertiary/aromatic N) is 2. The van der Waals surface area contributed by atoms with Crippen LogP contribution in [0.5, 0.6) is 0 Å². The molecule has 3 nitrogen and oxygen atoms in total. The van der Waals surface area contributed by atoms with Crippen molar-refractivity contribution < 1.29 is 9.18 Å². The second-order valence-corrected chi connectivity index (χ2v) is 3.15. The van der Waals surface area contributed by atoms with Gasteiger partial charge < -0.3 is 0 Å². The maximum absolute atomic E-state index is 13.4. The van der Waals surface area contributed by atoms with Gasteiger partial charge in [0, 0.05) is 0 Å². The number of rotatable bonds is 3. The van der Waals surface area contributed by atoms with Crippen LogP contribution in [0.3, 0.4) is 0 Å². The Labute approximate surface area is 86.2 Å². The van der Waals surface area contributed by atoms with Gasteiger partial charge in [-0.25, -0.2) is 4.68 Å². The monoisotopic (exact) mass is 204 g/mol. The van der Waals surface area contributed by atoms with Crippen molar-refractivity contribution >= 4 is 6.29 Å². The number of hydrogen-bond acceptors (Lipinski definition) is 2. The smallest absolute Gasteiger partial charge is 0.222 e. The maximum atomic E-state index is 13.4. The third-order valence-electron chi connectivity index (χ3n) is 2.10. The normalized spacial score (nSPS) is 10.2. The van der Waals surface area contributed by atoms with E-state index < -0.39 is 5.95 Å². The largest absolute Gasteiger partial charge is 0.298 e. The summed E-state index contributed by atoms with van der Waals surface area (Å²) in [5.41, 5.74) is 0.933. The van der Waals surface area contributed by atoms with E-state index >= 15 is 0 Å². The lowest BCUT2D eigenvalue weighted by molar-refractivity contribution is 0.111. The van der Waals surface area contributed by atoms with Crippen LogP contribution in [0.1, 0.15) is 15.9 Å². The molecule has 2 rings (SSSR count). The minimum atomic E-state index is -0.589. The van der Waals surface area contributed by atoms with Gasteiger partial charge in [-0.05, 0) is 5.56 Å². The molecule has 0 unspecified atom stereocenters. The van der Waals surface area contributed by atoms with Gasteiger partial charge in [0.2, 0.25) is 5.95 Å². The highest BCUT2D eigenvalue weighted by Crippen LogP contribution is 2.07. The first-order valence-electron chi connectivity index (χ1n) is 4.51. The van der Waals surface area contributed by atoms with Crippen molar-refractivity contribution in [2.24, 2.45) is 0 Å². The molecular formula is C11H9FN2O. The van der Waals surface area contributed by atoms with Crippen LogP contribution in [-0.2, 0) is 6.54 Å². The molecule has 76 valence electrons. The molecule has 0 N–H and O–H groups in total. The SMILES string of the molecule is O=Cc1cnn(Cc2ccccc2)c1F. The Bertz CT molecular complexity index is 465. The van der Waals surface area contributed by atoms with Gasteiger partial charge in [-0.15, -0.1) is 0 Å². The standard InChI is InChI=1S/C11H9FN2O/c12-11-10(8-15)6-13-14(11)7-9-4-2-1-3-5-9/h1-6,8H,7H2. The number of aromatic nitrogens is 2. The lowest BCUT2D eigenvalue weighted by Gasteiger charge is -2.01. The van der Waals surface area contributed by atoms with Gasteiger partial charge in [0.25, 0.3) is 0 Å². The predicted molar refractivity (Wildman–Crippen MR) is 53.1 cm³/mol. The highest BCUT2D eigenvalue weighted by Gasteiger charge is 2.08. The van der Waals surface area contributed by atoms with Gasteiger partial charge in [-0.2, -0.15) is 9.49 Å². The summed E-state index contributed by atoms with van der Waals surface area (Å²) in [6.45, 7) is 0.334. The summed E-state index contributed by atoms with van der Waals surface area (Å²) in [6.07, 6.45) is 1.69. The van der Waals surface area contributed by atoms with E-state index in [1.54, 1.807) is 0 Å². The second-order valence-electron chi connectivity index (χ2n) is 3.15. The van der Waals surface area contributed by atoms with Gasteiger partial charge in [0.15, 0.2) is 6.29 Å². The molecule has 0 saturated heterocycles. The molecular weight excluding hydrogens is 195 g/mol. The van der Waals surface area contributed by atoms with E-state index in [-0.39, 0.29) is 5.56 Å². The molecule has 0 radical (unpaired) electrons. The van der Waals surface area contributed by atoms with Crippen molar-refractivity contribution in [3.05, 3.63) is 53.6 Å². The Morgan fingerprint density at radius 2 is 2.07 bits per heavy atom. The second kappa shape index (κ2) is 4.04. The molecule has 0 aliphatic rings. The van der Waals surface area contributed by atoms with Crippen molar-refractivity contribution in [3.8, 4) is 0 Å². The fraction of sp³-hybridized carbons (Fsp3) is 0.0909. The summed E-state index contributed by atoms with van der Waals surface area (Å²) in [4.78, 5) is 10.4. The molecule has 2 aromatic rings. The molecule has 15 heavy (non-hydrogen) atoms.